The van der Waals surface area contributed by atoms with E-state index in [1.54, 1.807) is 6.92 Å². The molecular formula is C17H22N4O3S. The third kappa shape index (κ3) is 5.90. The van der Waals surface area contributed by atoms with Gasteiger partial charge in [0.25, 0.3) is 0 Å². The molecule has 25 heavy (non-hydrogen) atoms. The summed E-state index contributed by atoms with van der Waals surface area (Å²) >= 11 is 1.33. The van der Waals surface area contributed by atoms with Gasteiger partial charge in [0.05, 0.1) is 12.4 Å². The Morgan fingerprint density at radius 1 is 1.24 bits per heavy atom. The molecule has 0 spiro atoms. The van der Waals surface area contributed by atoms with Crippen LogP contribution in [0.5, 0.6) is 0 Å². The monoisotopic (exact) mass is 362 g/mol. The largest absolute Gasteiger partial charge is 0.466 e. The Bertz CT molecular complexity index is 703. The Morgan fingerprint density at radius 2 is 2.00 bits per heavy atom. The van der Waals surface area contributed by atoms with Gasteiger partial charge in [-0.05, 0) is 13.3 Å². The molecule has 1 N–H and O–H groups in total. The summed E-state index contributed by atoms with van der Waals surface area (Å²) in [5.74, 6) is 0.676. The van der Waals surface area contributed by atoms with Crippen LogP contribution in [0, 0.1) is 0 Å². The number of thioether (sulfide) groups is 1. The molecule has 1 amide bonds. The Morgan fingerprint density at radius 3 is 2.72 bits per heavy atom. The molecule has 1 heterocycles. The van der Waals surface area contributed by atoms with E-state index < -0.39 is 0 Å². The average Bonchev–Trinajstić information content (AvgIpc) is 2.98. The average molecular weight is 362 g/mol. The van der Waals surface area contributed by atoms with Crippen molar-refractivity contribution in [1.29, 1.82) is 0 Å². The zero-order chi connectivity index (χ0) is 18.1. The molecule has 7 nitrogen and oxygen atoms in total. The van der Waals surface area contributed by atoms with Gasteiger partial charge < -0.3 is 14.6 Å². The van der Waals surface area contributed by atoms with Gasteiger partial charge in [0, 0.05) is 25.6 Å². The topological polar surface area (TPSA) is 86.1 Å². The minimum Gasteiger partial charge on any atom is -0.466 e. The van der Waals surface area contributed by atoms with Crippen molar-refractivity contribution in [2.24, 2.45) is 7.05 Å². The first kappa shape index (κ1) is 19.0. The van der Waals surface area contributed by atoms with Gasteiger partial charge in [-0.2, -0.15) is 0 Å². The summed E-state index contributed by atoms with van der Waals surface area (Å²) in [7, 11) is 1.88. The standard InChI is InChI=1S/C17H22N4O3S/c1-3-24-15(23)10-7-11-18-14(22)12-25-17-20-19-16(21(17)2)13-8-5-4-6-9-13/h4-6,8-9H,3,7,10-12H2,1-2H3,(H,18,22). The second-order valence-electron chi connectivity index (χ2n) is 5.28. The highest BCUT2D eigenvalue weighted by molar-refractivity contribution is 7.99. The van der Waals surface area contributed by atoms with E-state index in [9.17, 15) is 9.59 Å². The molecule has 2 rings (SSSR count). The predicted octanol–water partition coefficient (Wildman–Crippen LogP) is 2.03. The highest BCUT2D eigenvalue weighted by Gasteiger charge is 2.12. The van der Waals surface area contributed by atoms with Crippen molar-refractivity contribution in [3.05, 3.63) is 30.3 Å². The molecule has 1 aromatic carbocycles. The number of nitrogens with zero attached hydrogens (tertiary/aromatic N) is 3. The van der Waals surface area contributed by atoms with E-state index in [0.29, 0.717) is 31.1 Å². The van der Waals surface area contributed by atoms with Gasteiger partial charge >= 0.3 is 5.97 Å². The second kappa shape index (κ2) is 9.83. The maximum absolute atomic E-state index is 11.9. The minimum atomic E-state index is -0.237. The Balaban J connectivity index is 1.75. The number of ether oxygens (including phenoxy) is 1. The fraction of sp³-hybridized carbons (Fsp3) is 0.412. The van der Waals surface area contributed by atoms with Gasteiger partial charge in [0.2, 0.25) is 5.91 Å². The molecule has 0 radical (unpaired) electrons. The Labute approximate surface area is 151 Å². The molecule has 1 aromatic heterocycles. The van der Waals surface area contributed by atoms with E-state index in [-0.39, 0.29) is 17.6 Å². The molecule has 2 aromatic rings. The number of benzene rings is 1. The third-order valence-electron chi connectivity index (χ3n) is 3.38. The fourth-order valence-electron chi connectivity index (χ4n) is 2.15. The van der Waals surface area contributed by atoms with Crippen LogP contribution >= 0.6 is 11.8 Å². The van der Waals surface area contributed by atoms with Crippen molar-refractivity contribution in [3.63, 3.8) is 0 Å². The zero-order valence-electron chi connectivity index (χ0n) is 14.4. The number of esters is 1. The molecule has 0 saturated heterocycles. The summed E-state index contributed by atoms with van der Waals surface area (Å²) in [6.07, 6.45) is 0.877. The lowest BCUT2D eigenvalue weighted by Gasteiger charge is -2.06. The molecular weight excluding hydrogens is 340 g/mol. The Kier molecular flexibility index (Phi) is 7.46. The molecule has 0 unspecified atom stereocenters. The van der Waals surface area contributed by atoms with Crippen LogP contribution in [-0.2, 0) is 21.4 Å². The lowest BCUT2D eigenvalue weighted by molar-refractivity contribution is -0.143. The molecule has 0 fully saturated rings. The normalized spacial score (nSPS) is 10.5. The maximum Gasteiger partial charge on any atom is 0.305 e. The van der Waals surface area contributed by atoms with E-state index in [2.05, 4.69) is 15.5 Å². The zero-order valence-corrected chi connectivity index (χ0v) is 15.2. The number of hydrogen-bond acceptors (Lipinski definition) is 6. The quantitative estimate of drug-likeness (QED) is 0.417. The minimum absolute atomic E-state index is 0.0990. The number of carbonyl (C=O) groups is 2. The maximum atomic E-state index is 11.9. The number of aromatic nitrogens is 3. The first-order valence-electron chi connectivity index (χ1n) is 8.11. The third-order valence-corrected chi connectivity index (χ3v) is 4.40. The molecule has 0 bridgehead atoms. The summed E-state index contributed by atoms with van der Waals surface area (Å²) < 4.78 is 6.70. The predicted molar refractivity (Wildman–Crippen MR) is 96.0 cm³/mol. The lowest BCUT2D eigenvalue weighted by Crippen LogP contribution is -2.26. The second-order valence-corrected chi connectivity index (χ2v) is 6.22. The van der Waals surface area contributed by atoms with Crippen molar-refractivity contribution >= 4 is 23.6 Å². The van der Waals surface area contributed by atoms with Gasteiger partial charge in [-0.15, -0.1) is 10.2 Å². The van der Waals surface area contributed by atoms with Crippen molar-refractivity contribution in [2.45, 2.75) is 24.9 Å². The summed E-state index contributed by atoms with van der Waals surface area (Å²) in [5.41, 5.74) is 0.979. The highest BCUT2D eigenvalue weighted by Crippen LogP contribution is 2.22. The van der Waals surface area contributed by atoms with Crippen LogP contribution in [0.4, 0.5) is 0 Å². The van der Waals surface area contributed by atoms with Crippen LogP contribution in [-0.4, -0.2) is 45.5 Å². The number of nitrogens with one attached hydrogen (secondary N) is 1. The Hall–Kier alpha value is -2.35. The van der Waals surface area contributed by atoms with E-state index >= 15 is 0 Å². The molecule has 0 aliphatic heterocycles. The van der Waals surface area contributed by atoms with Gasteiger partial charge in [-0.3, -0.25) is 9.59 Å². The van der Waals surface area contributed by atoms with Crippen molar-refractivity contribution in [2.75, 3.05) is 18.9 Å². The van der Waals surface area contributed by atoms with Crippen LogP contribution < -0.4 is 5.32 Å². The van der Waals surface area contributed by atoms with Crippen LogP contribution in [0.1, 0.15) is 19.8 Å². The summed E-state index contributed by atoms with van der Waals surface area (Å²) in [6.45, 7) is 2.60. The molecule has 8 heteroatoms. The molecule has 0 aliphatic rings. The molecule has 0 saturated carbocycles. The fourth-order valence-corrected chi connectivity index (χ4v) is 2.89. The van der Waals surface area contributed by atoms with E-state index in [1.807, 2.05) is 41.9 Å². The number of rotatable bonds is 9. The van der Waals surface area contributed by atoms with Gasteiger partial charge in [-0.25, -0.2) is 0 Å². The number of amides is 1. The number of carbonyl (C=O) groups excluding carboxylic acids is 2. The van der Waals surface area contributed by atoms with E-state index in [0.717, 1.165) is 11.4 Å². The van der Waals surface area contributed by atoms with Gasteiger partial charge in [-0.1, -0.05) is 42.1 Å². The van der Waals surface area contributed by atoms with Gasteiger partial charge in [0.1, 0.15) is 0 Å². The van der Waals surface area contributed by atoms with Gasteiger partial charge in [0.15, 0.2) is 11.0 Å². The highest BCUT2D eigenvalue weighted by atomic mass is 32.2. The summed E-state index contributed by atoms with van der Waals surface area (Å²) in [4.78, 5) is 23.1. The lowest BCUT2D eigenvalue weighted by atomic mass is 10.2. The number of hydrogen-bond donors (Lipinski definition) is 1. The van der Waals surface area contributed by atoms with Crippen LogP contribution in [0.15, 0.2) is 35.5 Å². The summed E-state index contributed by atoms with van der Waals surface area (Å²) in [5, 5.41) is 11.8. The first-order valence-corrected chi connectivity index (χ1v) is 9.10. The van der Waals surface area contributed by atoms with Crippen molar-refractivity contribution in [3.8, 4) is 11.4 Å². The van der Waals surface area contributed by atoms with Crippen molar-refractivity contribution in [1.82, 2.24) is 20.1 Å². The van der Waals surface area contributed by atoms with Crippen molar-refractivity contribution < 1.29 is 14.3 Å². The molecule has 0 atom stereocenters. The van der Waals surface area contributed by atoms with Crippen LogP contribution in [0.3, 0.4) is 0 Å². The summed E-state index contributed by atoms with van der Waals surface area (Å²) in [6, 6.07) is 9.77. The van der Waals surface area contributed by atoms with E-state index in [4.69, 9.17) is 4.74 Å². The van der Waals surface area contributed by atoms with Crippen LogP contribution in [0.25, 0.3) is 11.4 Å². The van der Waals surface area contributed by atoms with Crippen LogP contribution in [0.2, 0.25) is 0 Å². The SMILES string of the molecule is CCOC(=O)CCCNC(=O)CSc1nnc(-c2ccccc2)n1C. The smallest absolute Gasteiger partial charge is 0.305 e. The molecule has 0 aliphatic carbocycles. The first-order chi connectivity index (χ1) is 12.1. The van der Waals surface area contributed by atoms with E-state index in [1.165, 1.54) is 11.8 Å². The molecule has 134 valence electrons.